The van der Waals surface area contributed by atoms with Gasteiger partial charge in [-0.2, -0.15) is 0 Å². The lowest BCUT2D eigenvalue weighted by Gasteiger charge is -2.35. The summed E-state index contributed by atoms with van der Waals surface area (Å²) in [5.74, 6) is -0.529. The van der Waals surface area contributed by atoms with Crippen molar-refractivity contribution in [3.8, 4) is 0 Å². The van der Waals surface area contributed by atoms with Crippen LogP contribution < -0.4 is 10.2 Å². The van der Waals surface area contributed by atoms with Crippen molar-refractivity contribution in [3.63, 3.8) is 0 Å². The number of piperazine rings is 1. The Hall–Kier alpha value is -1.44. The van der Waals surface area contributed by atoms with Crippen molar-refractivity contribution in [1.82, 2.24) is 20.2 Å². The van der Waals surface area contributed by atoms with Gasteiger partial charge in [-0.25, -0.2) is 9.97 Å². The number of hydrogen-bond acceptors (Lipinski definition) is 6. The first-order valence-electron chi connectivity index (χ1n) is 6.93. The van der Waals surface area contributed by atoms with E-state index in [0.717, 1.165) is 26.2 Å². The molecule has 0 amide bonds. The molecule has 3 heterocycles. The van der Waals surface area contributed by atoms with E-state index in [2.05, 4.69) is 20.2 Å². The number of carboxylic acid groups (broad SMARTS) is 1. The number of nitrogens with zero attached hydrogens (tertiary/aromatic N) is 4. The third-order valence-electron chi connectivity index (χ3n) is 3.98. The normalized spacial score (nSPS) is 26.4. The number of aromatic nitrogens is 2. The zero-order chi connectivity index (χ0) is 13.9. The molecule has 21 heavy (non-hydrogen) atoms. The van der Waals surface area contributed by atoms with Crippen molar-refractivity contribution >= 4 is 24.3 Å². The van der Waals surface area contributed by atoms with Crippen LogP contribution in [0.5, 0.6) is 0 Å². The van der Waals surface area contributed by atoms with E-state index in [1.54, 1.807) is 18.5 Å². The number of hydrogen-bond donors (Lipinski definition) is 2. The van der Waals surface area contributed by atoms with Gasteiger partial charge < -0.3 is 15.3 Å². The standard InChI is InChI=1S/C13H19N5O2.ClH/c19-12(20)10-7-17-5-4-14-6-11(17)9-18(8-10)13-15-2-1-3-16-13;/h1-3,10-11,14H,4-9H2,(H,19,20);1H. The van der Waals surface area contributed by atoms with E-state index < -0.39 is 11.9 Å². The molecule has 2 saturated heterocycles. The number of carbonyl (C=O) groups is 1. The predicted octanol–water partition coefficient (Wildman–Crippen LogP) is -0.307. The minimum absolute atomic E-state index is 0. The lowest BCUT2D eigenvalue weighted by molar-refractivity contribution is -0.142. The first kappa shape index (κ1) is 15.9. The minimum Gasteiger partial charge on any atom is -0.481 e. The molecule has 2 unspecified atom stereocenters. The van der Waals surface area contributed by atoms with Crippen molar-refractivity contribution < 1.29 is 9.90 Å². The minimum atomic E-state index is -0.745. The Bertz CT molecular complexity index is 475. The second-order valence-corrected chi connectivity index (χ2v) is 5.34. The molecule has 116 valence electrons. The van der Waals surface area contributed by atoms with Crippen LogP contribution in [0.2, 0.25) is 0 Å². The van der Waals surface area contributed by atoms with Gasteiger partial charge in [0.1, 0.15) is 0 Å². The first-order chi connectivity index (χ1) is 9.74. The number of nitrogens with one attached hydrogen (secondary N) is 1. The van der Waals surface area contributed by atoms with Gasteiger partial charge in [-0.05, 0) is 6.07 Å². The molecule has 2 aliphatic rings. The zero-order valence-corrected chi connectivity index (χ0v) is 12.5. The van der Waals surface area contributed by atoms with Gasteiger partial charge in [-0.1, -0.05) is 0 Å². The Morgan fingerprint density at radius 1 is 1.29 bits per heavy atom. The van der Waals surface area contributed by atoms with E-state index in [9.17, 15) is 9.90 Å². The molecule has 0 saturated carbocycles. The van der Waals surface area contributed by atoms with Crippen LogP contribution in [0.15, 0.2) is 18.5 Å². The molecule has 7 nitrogen and oxygen atoms in total. The summed E-state index contributed by atoms with van der Waals surface area (Å²) in [6.07, 6.45) is 3.39. The van der Waals surface area contributed by atoms with Crippen molar-refractivity contribution in [1.29, 1.82) is 0 Å². The molecule has 2 aliphatic heterocycles. The van der Waals surface area contributed by atoms with Crippen LogP contribution in [0.3, 0.4) is 0 Å². The second kappa shape index (κ2) is 7.02. The molecule has 0 radical (unpaired) electrons. The third-order valence-corrected chi connectivity index (χ3v) is 3.98. The van der Waals surface area contributed by atoms with Crippen molar-refractivity contribution in [2.24, 2.45) is 5.92 Å². The summed E-state index contributed by atoms with van der Waals surface area (Å²) in [6, 6.07) is 2.08. The summed E-state index contributed by atoms with van der Waals surface area (Å²) >= 11 is 0. The summed E-state index contributed by atoms with van der Waals surface area (Å²) in [5, 5.41) is 12.8. The number of fused-ring (bicyclic) bond motifs is 1. The molecule has 8 heteroatoms. The highest BCUT2D eigenvalue weighted by Crippen LogP contribution is 2.19. The molecule has 0 aromatic carbocycles. The third kappa shape index (κ3) is 3.61. The largest absolute Gasteiger partial charge is 0.481 e. The molecule has 1 aromatic heterocycles. The fraction of sp³-hybridized carbons (Fsp3) is 0.615. The Morgan fingerprint density at radius 3 is 2.76 bits per heavy atom. The summed E-state index contributed by atoms with van der Waals surface area (Å²) in [5.41, 5.74) is 0. The van der Waals surface area contributed by atoms with Gasteiger partial charge in [-0.15, -0.1) is 12.4 Å². The Morgan fingerprint density at radius 2 is 2.05 bits per heavy atom. The zero-order valence-electron chi connectivity index (χ0n) is 11.7. The van der Waals surface area contributed by atoms with E-state index in [0.29, 0.717) is 25.1 Å². The van der Waals surface area contributed by atoms with Gasteiger partial charge in [0.05, 0.1) is 5.92 Å². The molecule has 1 aromatic rings. The lowest BCUT2D eigenvalue weighted by atomic mass is 10.1. The molecule has 3 rings (SSSR count). The average Bonchev–Trinajstić information content (AvgIpc) is 2.67. The van der Waals surface area contributed by atoms with Crippen LogP contribution in [0.25, 0.3) is 0 Å². The molecule has 2 atom stereocenters. The fourth-order valence-corrected chi connectivity index (χ4v) is 2.93. The molecule has 0 aliphatic carbocycles. The second-order valence-electron chi connectivity index (χ2n) is 5.34. The van der Waals surface area contributed by atoms with E-state index in [1.165, 1.54) is 0 Å². The van der Waals surface area contributed by atoms with Gasteiger partial charge in [-0.3, -0.25) is 9.69 Å². The number of carboxylic acids is 1. The average molecular weight is 314 g/mol. The quantitative estimate of drug-likeness (QED) is 0.775. The summed E-state index contributed by atoms with van der Waals surface area (Å²) in [4.78, 5) is 24.2. The van der Waals surface area contributed by atoms with Crippen molar-refractivity contribution in [3.05, 3.63) is 18.5 Å². The Kier molecular flexibility index (Phi) is 5.33. The van der Waals surface area contributed by atoms with E-state index in [-0.39, 0.29) is 12.4 Å². The van der Waals surface area contributed by atoms with Crippen molar-refractivity contribution in [2.45, 2.75) is 6.04 Å². The highest BCUT2D eigenvalue weighted by atomic mass is 35.5. The number of halogens is 1. The predicted molar refractivity (Wildman–Crippen MR) is 80.8 cm³/mol. The van der Waals surface area contributed by atoms with Crippen molar-refractivity contribution in [2.75, 3.05) is 44.2 Å². The highest BCUT2D eigenvalue weighted by Gasteiger charge is 2.35. The maximum Gasteiger partial charge on any atom is 0.309 e. The Labute approximate surface area is 129 Å². The van der Waals surface area contributed by atoms with Gasteiger partial charge in [0, 0.05) is 57.7 Å². The summed E-state index contributed by atoms with van der Waals surface area (Å²) in [6.45, 7) is 4.54. The molecule has 2 fully saturated rings. The number of aliphatic carboxylic acids is 1. The van der Waals surface area contributed by atoms with Crippen LogP contribution in [-0.2, 0) is 4.79 Å². The smallest absolute Gasteiger partial charge is 0.309 e. The van der Waals surface area contributed by atoms with Crippen LogP contribution in [0.1, 0.15) is 0 Å². The highest BCUT2D eigenvalue weighted by molar-refractivity contribution is 5.85. The Balaban J connectivity index is 0.00000161. The molecule has 2 N–H and O–H groups in total. The van der Waals surface area contributed by atoms with Crippen LogP contribution >= 0.6 is 12.4 Å². The van der Waals surface area contributed by atoms with Crippen LogP contribution in [0.4, 0.5) is 5.95 Å². The SMILES string of the molecule is Cl.O=C(O)C1CN(c2ncccn2)CC2CNCCN2C1. The topological polar surface area (TPSA) is 81.6 Å². The molecule has 0 spiro atoms. The first-order valence-corrected chi connectivity index (χ1v) is 6.93. The van der Waals surface area contributed by atoms with Gasteiger partial charge >= 0.3 is 5.97 Å². The van der Waals surface area contributed by atoms with Gasteiger partial charge in [0.2, 0.25) is 5.95 Å². The van der Waals surface area contributed by atoms with E-state index >= 15 is 0 Å². The van der Waals surface area contributed by atoms with E-state index in [4.69, 9.17) is 0 Å². The number of anilines is 1. The maximum atomic E-state index is 11.4. The van der Waals surface area contributed by atoms with E-state index in [1.807, 2.05) is 4.90 Å². The molecular formula is C13H20ClN5O2. The summed E-state index contributed by atoms with van der Waals surface area (Å²) < 4.78 is 0. The number of rotatable bonds is 2. The fourth-order valence-electron chi connectivity index (χ4n) is 2.93. The lowest BCUT2D eigenvalue weighted by Crippen LogP contribution is -2.54. The summed E-state index contributed by atoms with van der Waals surface area (Å²) in [7, 11) is 0. The molecule has 0 bridgehead atoms. The molecular weight excluding hydrogens is 294 g/mol. The monoisotopic (exact) mass is 313 g/mol. The van der Waals surface area contributed by atoms with Gasteiger partial charge in [0.15, 0.2) is 0 Å². The van der Waals surface area contributed by atoms with Gasteiger partial charge in [0.25, 0.3) is 0 Å². The maximum absolute atomic E-state index is 11.4. The van der Waals surface area contributed by atoms with Crippen LogP contribution in [-0.4, -0.2) is 71.3 Å². The van der Waals surface area contributed by atoms with Crippen LogP contribution in [0, 0.1) is 5.92 Å².